The highest BCUT2D eigenvalue weighted by molar-refractivity contribution is 5.85. The minimum absolute atomic E-state index is 1.06. The van der Waals surface area contributed by atoms with Gasteiger partial charge in [-0.15, -0.1) is 0 Å². The molecule has 0 aliphatic rings. The Morgan fingerprint density at radius 1 is 1.12 bits per heavy atom. The van der Waals surface area contributed by atoms with Crippen LogP contribution in [0.2, 0.25) is 0 Å². The van der Waals surface area contributed by atoms with E-state index in [0.717, 1.165) is 11.4 Å². The number of nitrogens with zero attached hydrogens (tertiary/aromatic N) is 3. The van der Waals surface area contributed by atoms with Gasteiger partial charge in [-0.05, 0) is 36.6 Å². The summed E-state index contributed by atoms with van der Waals surface area (Å²) in [5, 5.41) is 6.60. The van der Waals surface area contributed by atoms with Crippen LogP contribution in [0.3, 0.4) is 0 Å². The SMILES string of the molecule is Cc1nccc2cc(-n3cccn3)ccc12. The number of benzene rings is 1. The summed E-state index contributed by atoms with van der Waals surface area (Å²) < 4.78 is 1.86. The van der Waals surface area contributed by atoms with Crippen molar-refractivity contribution in [3.63, 3.8) is 0 Å². The molecule has 0 atom stereocenters. The molecule has 0 radical (unpaired) electrons. The summed E-state index contributed by atoms with van der Waals surface area (Å²) in [5.74, 6) is 0. The van der Waals surface area contributed by atoms with Crippen LogP contribution >= 0.6 is 0 Å². The van der Waals surface area contributed by atoms with Crippen molar-refractivity contribution >= 4 is 10.8 Å². The standard InChI is InChI=1S/C13H11N3/c1-10-13-4-3-12(16-8-2-6-15-16)9-11(13)5-7-14-10/h2-9H,1H3. The average Bonchev–Trinajstić information content (AvgIpc) is 2.82. The van der Waals surface area contributed by atoms with Gasteiger partial charge in [-0.1, -0.05) is 6.07 Å². The van der Waals surface area contributed by atoms with Crippen molar-refractivity contribution in [2.24, 2.45) is 0 Å². The number of aromatic nitrogens is 3. The molecule has 0 aliphatic carbocycles. The van der Waals surface area contributed by atoms with Crippen LogP contribution in [-0.2, 0) is 0 Å². The van der Waals surface area contributed by atoms with Crippen LogP contribution in [-0.4, -0.2) is 14.8 Å². The van der Waals surface area contributed by atoms with E-state index < -0.39 is 0 Å². The Hall–Kier alpha value is -2.16. The van der Waals surface area contributed by atoms with E-state index in [4.69, 9.17) is 0 Å². The zero-order valence-electron chi connectivity index (χ0n) is 8.96. The van der Waals surface area contributed by atoms with Crippen molar-refractivity contribution < 1.29 is 0 Å². The minimum atomic E-state index is 1.06. The van der Waals surface area contributed by atoms with Crippen molar-refractivity contribution in [2.45, 2.75) is 6.92 Å². The van der Waals surface area contributed by atoms with Crippen molar-refractivity contribution in [2.75, 3.05) is 0 Å². The maximum absolute atomic E-state index is 4.28. The fraction of sp³-hybridized carbons (Fsp3) is 0.0769. The third kappa shape index (κ3) is 1.37. The summed E-state index contributed by atoms with van der Waals surface area (Å²) in [4.78, 5) is 4.28. The quantitative estimate of drug-likeness (QED) is 0.617. The highest BCUT2D eigenvalue weighted by Gasteiger charge is 2.00. The Kier molecular flexibility index (Phi) is 1.96. The van der Waals surface area contributed by atoms with E-state index in [9.17, 15) is 0 Å². The molecule has 78 valence electrons. The van der Waals surface area contributed by atoms with Crippen LogP contribution in [0, 0.1) is 6.92 Å². The number of aryl methyl sites for hydroxylation is 1. The molecule has 2 heterocycles. The van der Waals surface area contributed by atoms with Crippen LogP contribution in [0.4, 0.5) is 0 Å². The Bertz CT molecular complexity index is 627. The lowest BCUT2D eigenvalue weighted by molar-refractivity contribution is 0.882. The molecule has 0 amide bonds. The molecule has 3 nitrogen and oxygen atoms in total. The third-order valence-corrected chi connectivity index (χ3v) is 2.72. The van der Waals surface area contributed by atoms with Gasteiger partial charge < -0.3 is 0 Å². The molecule has 16 heavy (non-hydrogen) atoms. The molecule has 3 heteroatoms. The fourth-order valence-corrected chi connectivity index (χ4v) is 1.88. The predicted octanol–water partition coefficient (Wildman–Crippen LogP) is 2.73. The zero-order chi connectivity index (χ0) is 11.0. The zero-order valence-corrected chi connectivity index (χ0v) is 8.96. The second kappa shape index (κ2) is 3.45. The van der Waals surface area contributed by atoms with Gasteiger partial charge in [0.05, 0.1) is 5.69 Å². The molecule has 0 aliphatic heterocycles. The van der Waals surface area contributed by atoms with Gasteiger partial charge in [0.1, 0.15) is 0 Å². The molecule has 2 aromatic heterocycles. The van der Waals surface area contributed by atoms with E-state index >= 15 is 0 Å². The summed E-state index contributed by atoms with van der Waals surface area (Å²) in [6, 6.07) is 10.2. The highest BCUT2D eigenvalue weighted by Crippen LogP contribution is 2.19. The molecule has 1 aromatic carbocycles. The Morgan fingerprint density at radius 2 is 2.06 bits per heavy atom. The molecule has 0 fully saturated rings. The van der Waals surface area contributed by atoms with Gasteiger partial charge in [0.15, 0.2) is 0 Å². The van der Waals surface area contributed by atoms with Crippen molar-refractivity contribution in [3.8, 4) is 5.69 Å². The van der Waals surface area contributed by atoms with Crippen LogP contribution in [0.5, 0.6) is 0 Å². The normalized spacial score (nSPS) is 10.8. The topological polar surface area (TPSA) is 30.7 Å². The summed E-state index contributed by atoms with van der Waals surface area (Å²) in [7, 11) is 0. The molecule has 0 saturated carbocycles. The molecule has 3 rings (SSSR count). The third-order valence-electron chi connectivity index (χ3n) is 2.72. The van der Waals surface area contributed by atoms with E-state index in [1.165, 1.54) is 10.8 Å². The van der Waals surface area contributed by atoms with Crippen LogP contribution in [0.1, 0.15) is 5.69 Å². The molecule has 0 saturated heterocycles. The molecule has 0 bridgehead atoms. The number of fused-ring (bicyclic) bond motifs is 1. The monoisotopic (exact) mass is 209 g/mol. The lowest BCUT2D eigenvalue weighted by Crippen LogP contribution is -1.94. The highest BCUT2D eigenvalue weighted by atomic mass is 15.3. The minimum Gasteiger partial charge on any atom is -0.261 e. The van der Waals surface area contributed by atoms with Gasteiger partial charge in [0.2, 0.25) is 0 Å². The van der Waals surface area contributed by atoms with Gasteiger partial charge in [-0.3, -0.25) is 4.98 Å². The summed E-state index contributed by atoms with van der Waals surface area (Å²) in [6.45, 7) is 2.02. The smallest absolute Gasteiger partial charge is 0.0651 e. The van der Waals surface area contributed by atoms with Gasteiger partial charge >= 0.3 is 0 Å². The van der Waals surface area contributed by atoms with E-state index in [0.29, 0.717) is 0 Å². The Morgan fingerprint density at radius 3 is 2.88 bits per heavy atom. The molecule has 0 unspecified atom stereocenters. The largest absolute Gasteiger partial charge is 0.261 e. The van der Waals surface area contributed by atoms with Gasteiger partial charge in [0, 0.05) is 29.7 Å². The molecule has 0 N–H and O–H groups in total. The number of hydrogen-bond acceptors (Lipinski definition) is 2. The second-order valence-electron chi connectivity index (χ2n) is 3.75. The Labute approximate surface area is 93.4 Å². The van der Waals surface area contributed by atoms with E-state index in [-0.39, 0.29) is 0 Å². The molecular formula is C13H11N3. The maximum Gasteiger partial charge on any atom is 0.0651 e. The lowest BCUT2D eigenvalue weighted by atomic mass is 10.1. The predicted molar refractivity (Wildman–Crippen MR) is 63.6 cm³/mol. The number of hydrogen-bond donors (Lipinski definition) is 0. The van der Waals surface area contributed by atoms with Gasteiger partial charge in [-0.25, -0.2) is 4.68 Å². The average molecular weight is 209 g/mol. The molecule has 3 aromatic rings. The van der Waals surface area contributed by atoms with Crippen LogP contribution in [0.15, 0.2) is 48.9 Å². The maximum atomic E-state index is 4.28. The first-order valence-electron chi connectivity index (χ1n) is 5.20. The number of rotatable bonds is 1. The summed E-state index contributed by atoms with van der Waals surface area (Å²) >= 11 is 0. The first-order valence-corrected chi connectivity index (χ1v) is 5.20. The van der Waals surface area contributed by atoms with Crippen molar-refractivity contribution in [3.05, 3.63) is 54.6 Å². The summed E-state index contributed by atoms with van der Waals surface area (Å²) in [6.07, 6.45) is 5.56. The van der Waals surface area contributed by atoms with E-state index in [1.54, 1.807) is 6.20 Å². The van der Waals surface area contributed by atoms with Crippen molar-refractivity contribution in [1.82, 2.24) is 14.8 Å². The van der Waals surface area contributed by atoms with Crippen molar-refractivity contribution in [1.29, 1.82) is 0 Å². The van der Waals surface area contributed by atoms with Crippen LogP contribution in [0.25, 0.3) is 16.5 Å². The summed E-state index contributed by atoms with van der Waals surface area (Å²) in [5.41, 5.74) is 2.13. The second-order valence-corrected chi connectivity index (χ2v) is 3.75. The van der Waals surface area contributed by atoms with E-state index in [2.05, 4.69) is 28.3 Å². The first kappa shape index (κ1) is 9.09. The number of pyridine rings is 1. The molecule has 0 spiro atoms. The Balaban J connectivity index is 2.24. The van der Waals surface area contributed by atoms with Crippen LogP contribution < -0.4 is 0 Å². The van der Waals surface area contributed by atoms with Gasteiger partial charge in [-0.2, -0.15) is 5.10 Å². The first-order chi connectivity index (χ1) is 7.84. The van der Waals surface area contributed by atoms with E-state index in [1.807, 2.05) is 36.1 Å². The fourth-order valence-electron chi connectivity index (χ4n) is 1.88. The lowest BCUT2D eigenvalue weighted by Gasteiger charge is -2.05. The van der Waals surface area contributed by atoms with Gasteiger partial charge in [0.25, 0.3) is 0 Å². The molecular weight excluding hydrogens is 198 g/mol.